The zero-order chi connectivity index (χ0) is 12.2. The summed E-state index contributed by atoms with van der Waals surface area (Å²) in [5.41, 5.74) is 6.24. The van der Waals surface area contributed by atoms with Crippen LogP contribution in [0.2, 0.25) is 0 Å². The van der Waals surface area contributed by atoms with E-state index >= 15 is 0 Å². The van der Waals surface area contributed by atoms with Gasteiger partial charge in [-0.25, -0.2) is 8.42 Å². The largest absolute Gasteiger partial charge is 0.369 e. The normalized spacial score (nSPS) is 11.4. The molecular formula is C11H18N2O2S. The molecule has 0 spiro atoms. The highest BCUT2D eigenvalue weighted by molar-refractivity contribution is 7.90. The van der Waals surface area contributed by atoms with Crippen LogP contribution in [0.15, 0.2) is 29.2 Å². The van der Waals surface area contributed by atoms with Crippen LogP contribution in [0.3, 0.4) is 0 Å². The van der Waals surface area contributed by atoms with Gasteiger partial charge in [0.2, 0.25) is 0 Å². The molecule has 0 aliphatic heterocycles. The molecule has 0 heterocycles. The van der Waals surface area contributed by atoms with Crippen molar-refractivity contribution in [2.24, 2.45) is 5.73 Å². The second kappa shape index (κ2) is 5.32. The van der Waals surface area contributed by atoms with Gasteiger partial charge in [-0.3, -0.25) is 0 Å². The summed E-state index contributed by atoms with van der Waals surface area (Å²) in [6.07, 6.45) is 1.22. The van der Waals surface area contributed by atoms with E-state index in [9.17, 15) is 8.42 Å². The summed E-state index contributed by atoms with van der Waals surface area (Å²) < 4.78 is 23.2. The minimum absolute atomic E-state index is 0.366. The van der Waals surface area contributed by atoms with Crippen molar-refractivity contribution in [1.29, 1.82) is 0 Å². The first-order chi connectivity index (χ1) is 7.50. The first-order valence-electron chi connectivity index (χ1n) is 5.24. The number of hydrogen-bond acceptors (Lipinski definition) is 4. The molecule has 1 aromatic carbocycles. The van der Waals surface area contributed by atoms with Crippen molar-refractivity contribution in [2.75, 3.05) is 30.8 Å². The molecule has 5 heteroatoms. The predicted octanol–water partition coefficient (Wildman–Crippen LogP) is 0.875. The third-order valence-electron chi connectivity index (χ3n) is 2.39. The molecule has 0 radical (unpaired) electrons. The number of likely N-dealkylation sites (N-methyl/N-ethyl adjacent to an activating group) is 1. The Kier molecular flexibility index (Phi) is 4.32. The van der Waals surface area contributed by atoms with Crippen molar-refractivity contribution in [3.8, 4) is 0 Å². The van der Waals surface area contributed by atoms with Crippen molar-refractivity contribution < 1.29 is 8.42 Å². The van der Waals surface area contributed by atoms with E-state index in [1.54, 1.807) is 12.1 Å². The average molecular weight is 242 g/mol. The Morgan fingerprint density at radius 1 is 1.31 bits per heavy atom. The lowest BCUT2D eigenvalue weighted by Crippen LogP contribution is -2.30. The van der Waals surface area contributed by atoms with Crippen LogP contribution in [0.5, 0.6) is 0 Å². The van der Waals surface area contributed by atoms with Gasteiger partial charge in [0.1, 0.15) is 0 Å². The lowest BCUT2D eigenvalue weighted by Gasteiger charge is -2.24. The fraction of sp³-hybridized carbons (Fsp3) is 0.455. The number of rotatable bonds is 5. The third kappa shape index (κ3) is 2.96. The summed E-state index contributed by atoms with van der Waals surface area (Å²) in [5.74, 6) is 0. The average Bonchev–Trinajstić information content (AvgIpc) is 2.25. The smallest absolute Gasteiger partial charge is 0.177 e. The van der Waals surface area contributed by atoms with Crippen molar-refractivity contribution in [1.82, 2.24) is 0 Å². The van der Waals surface area contributed by atoms with E-state index in [-0.39, 0.29) is 0 Å². The maximum absolute atomic E-state index is 11.6. The fourth-order valence-corrected chi connectivity index (χ4v) is 2.54. The van der Waals surface area contributed by atoms with Gasteiger partial charge in [-0.05, 0) is 19.1 Å². The monoisotopic (exact) mass is 242 g/mol. The lowest BCUT2D eigenvalue weighted by atomic mass is 10.3. The SMILES string of the molecule is CCN(CCN)c1ccccc1S(C)(=O)=O. The van der Waals surface area contributed by atoms with E-state index in [0.29, 0.717) is 18.0 Å². The van der Waals surface area contributed by atoms with Gasteiger partial charge in [0.05, 0.1) is 10.6 Å². The summed E-state index contributed by atoms with van der Waals surface area (Å²) in [4.78, 5) is 2.33. The van der Waals surface area contributed by atoms with E-state index in [4.69, 9.17) is 5.73 Å². The maximum Gasteiger partial charge on any atom is 0.177 e. The van der Waals surface area contributed by atoms with Crippen LogP contribution in [0, 0.1) is 0 Å². The van der Waals surface area contributed by atoms with Crippen LogP contribution in [-0.4, -0.2) is 34.3 Å². The van der Waals surface area contributed by atoms with Gasteiger partial charge >= 0.3 is 0 Å². The van der Waals surface area contributed by atoms with E-state index in [2.05, 4.69) is 0 Å². The molecule has 0 amide bonds. The number of hydrogen-bond donors (Lipinski definition) is 1. The Morgan fingerprint density at radius 3 is 2.44 bits per heavy atom. The van der Waals surface area contributed by atoms with Gasteiger partial charge in [-0.2, -0.15) is 0 Å². The minimum atomic E-state index is -3.19. The molecule has 4 nitrogen and oxygen atoms in total. The molecule has 90 valence electrons. The Hall–Kier alpha value is -1.07. The third-order valence-corrected chi connectivity index (χ3v) is 3.53. The molecule has 0 unspecified atom stereocenters. The molecule has 0 aliphatic rings. The second-order valence-corrected chi connectivity index (χ2v) is 5.59. The second-order valence-electron chi connectivity index (χ2n) is 3.61. The molecule has 2 N–H and O–H groups in total. The quantitative estimate of drug-likeness (QED) is 0.832. The summed E-state index contributed by atoms with van der Waals surface area (Å²) in [6.45, 7) is 3.88. The number of nitrogens with zero attached hydrogens (tertiary/aromatic N) is 1. The number of benzene rings is 1. The number of nitrogens with two attached hydrogens (primary N) is 1. The zero-order valence-electron chi connectivity index (χ0n) is 9.68. The molecule has 0 aromatic heterocycles. The highest BCUT2D eigenvalue weighted by Gasteiger charge is 2.15. The molecule has 0 saturated heterocycles. The Balaban J connectivity index is 3.22. The van der Waals surface area contributed by atoms with Gasteiger partial charge in [0, 0.05) is 25.9 Å². The first-order valence-corrected chi connectivity index (χ1v) is 7.14. The maximum atomic E-state index is 11.6. The molecule has 1 rings (SSSR count). The zero-order valence-corrected chi connectivity index (χ0v) is 10.5. The van der Waals surface area contributed by atoms with E-state index in [1.807, 2.05) is 24.0 Å². The van der Waals surface area contributed by atoms with Crippen LogP contribution < -0.4 is 10.6 Å². The van der Waals surface area contributed by atoms with Crippen LogP contribution >= 0.6 is 0 Å². The lowest BCUT2D eigenvalue weighted by molar-refractivity contribution is 0.601. The molecule has 0 fully saturated rings. The van der Waals surface area contributed by atoms with Crippen molar-refractivity contribution in [2.45, 2.75) is 11.8 Å². The number of para-hydroxylation sites is 1. The van der Waals surface area contributed by atoms with E-state index in [0.717, 1.165) is 12.2 Å². The number of anilines is 1. The Bertz CT molecular complexity index is 443. The molecular weight excluding hydrogens is 224 g/mol. The fourth-order valence-electron chi connectivity index (χ4n) is 1.64. The molecule has 16 heavy (non-hydrogen) atoms. The standard InChI is InChI=1S/C11H18N2O2S/c1-3-13(9-8-12)10-6-4-5-7-11(10)16(2,14)15/h4-7H,3,8-9,12H2,1-2H3. The Morgan fingerprint density at radius 2 is 1.94 bits per heavy atom. The van der Waals surface area contributed by atoms with Crippen LogP contribution in [0.1, 0.15) is 6.92 Å². The minimum Gasteiger partial charge on any atom is -0.369 e. The van der Waals surface area contributed by atoms with Crippen molar-refractivity contribution >= 4 is 15.5 Å². The summed E-state index contributed by atoms with van der Waals surface area (Å²) in [7, 11) is -3.19. The highest BCUT2D eigenvalue weighted by Crippen LogP contribution is 2.24. The molecule has 0 aliphatic carbocycles. The summed E-state index contributed by atoms with van der Waals surface area (Å²) in [6, 6.07) is 7.01. The van der Waals surface area contributed by atoms with E-state index < -0.39 is 9.84 Å². The molecule has 0 bridgehead atoms. The molecule has 0 atom stereocenters. The van der Waals surface area contributed by atoms with Gasteiger partial charge in [0.15, 0.2) is 9.84 Å². The van der Waals surface area contributed by atoms with Gasteiger partial charge in [-0.1, -0.05) is 12.1 Å². The van der Waals surface area contributed by atoms with Gasteiger partial charge in [-0.15, -0.1) is 0 Å². The first kappa shape index (κ1) is 13.0. The van der Waals surface area contributed by atoms with Gasteiger partial charge < -0.3 is 10.6 Å². The summed E-state index contributed by atoms with van der Waals surface area (Å²) in [5, 5.41) is 0. The predicted molar refractivity (Wildman–Crippen MR) is 66.5 cm³/mol. The van der Waals surface area contributed by atoms with Crippen molar-refractivity contribution in [3.05, 3.63) is 24.3 Å². The highest BCUT2D eigenvalue weighted by atomic mass is 32.2. The van der Waals surface area contributed by atoms with Crippen molar-refractivity contribution in [3.63, 3.8) is 0 Å². The van der Waals surface area contributed by atoms with Crippen LogP contribution in [0.25, 0.3) is 0 Å². The van der Waals surface area contributed by atoms with Gasteiger partial charge in [0.25, 0.3) is 0 Å². The molecule has 1 aromatic rings. The topological polar surface area (TPSA) is 63.4 Å². The van der Waals surface area contributed by atoms with Crippen LogP contribution in [-0.2, 0) is 9.84 Å². The van der Waals surface area contributed by atoms with Crippen LogP contribution in [0.4, 0.5) is 5.69 Å². The van der Waals surface area contributed by atoms with E-state index in [1.165, 1.54) is 6.26 Å². The number of sulfone groups is 1. The summed E-state index contributed by atoms with van der Waals surface area (Å²) >= 11 is 0. The molecule has 0 saturated carbocycles. The Labute approximate surface area is 97.0 Å².